The molecule has 7 heteroatoms. The van der Waals surface area contributed by atoms with Crippen molar-refractivity contribution in [1.82, 2.24) is 14.9 Å². The zero-order valence-corrected chi connectivity index (χ0v) is 16.2. The molecule has 2 aromatic heterocycles. The molecule has 0 N–H and O–H groups in total. The molecule has 1 aliphatic heterocycles. The third-order valence-electron chi connectivity index (χ3n) is 4.65. The Balaban J connectivity index is 1.34. The van der Waals surface area contributed by atoms with Crippen LogP contribution in [0.1, 0.15) is 5.56 Å². The molecule has 1 fully saturated rings. The van der Waals surface area contributed by atoms with Gasteiger partial charge in [-0.3, -0.25) is 4.79 Å². The van der Waals surface area contributed by atoms with Gasteiger partial charge in [-0.2, -0.15) is 0 Å². The van der Waals surface area contributed by atoms with Gasteiger partial charge in [-0.15, -0.1) is 11.3 Å². The molecule has 1 saturated heterocycles. The molecule has 0 radical (unpaired) electrons. The summed E-state index contributed by atoms with van der Waals surface area (Å²) in [6.45, 7) is 5.43. The Hall–Kier alpha value is -2.12. The molecule has 0 atom stereocenters. The molecule has 0 saturated carbocycles. The van der Waals surface area contributed by atoms with Crippen LogP contribution in [0.2, 0.25) is 0 Å². The van der Waals surface area contributed by atoms with E-state index < -0.39 is 0 Å². The minimum Gasteiger partial charge on any atom is -0.368 e. The molecule has 1 aromatic carbocycles. The van der Waals surface area contributed by atoms with Crippen LogP contribution >= 0.6 is 23.1 Å². The van der Waals surface area contributed by atoms with Gasteiger partial charge in [0.1, 0.15) is 16.2 Å². The summed E-state index contributed by atoms with van der Waals surface area (Å²) in [5, 5.41) is 3.94. The van der Waals surface area contributed by atoms with E-state index in [4.69, 9.17) is 0 Å². The lowest BCUT2D eigenvalue weighted by atomic mass is 10.1. The van der Waals surface area contributed by atoms with E-state index in [0.717, 1.165) is 41.4 Å². The molecule has 0 bridgehead atoms. The van der Waals surface area contributed by atoms with Crippen molar-refractivity contribution >= 4 is 44.9 Å². The number of nitrogens with zero attached hydrogens (tertiary/aromatic N) is 4. The molecule has 3 aromatic rings. The van der Waals surface area contributed by atoms with Gasteiger partial charge in [-0.25, -0.2) is 9.97 Å². The number of benzene rings is 1. The molecule has 3 heterocycles. The second-order valence-electron chi connectivity index (χ2n) is 6.26. The number of carbonyl (C=O) groups is 1. The van der Waals surface area contributed by atoms with Gasteiger partial charge in [-0.1, -0.05) is 30.0 Å². The van der Waals surface area contributed by atoms with Crippen LogP contribution in [0.15, 0.2) is 47.1 Å². The Labute approximate surface area is 161 Å². The highest BCUT2D eigenvalue weighted by molar-refractivity contribution is 8.00. The Morgan fingerprint density at radius 3 is 2.77 bits per heavy atom. The van der Waals surface area contributed by atoms with E-state index in [-0.39, 0.29) is 5.91 Å². The van der Waals surface area contributed by atoms with Gasteiger partial charge < -0.3 is 9.80 Å². The molecule has 4 rings (SSSR count). The zero-order valence-electron chi connectivity index (χ0n) is 14.6. The SMILES string of the molecule is Cc1ccccc1N1CCN(C(=O)CSc2ncnc3sccc23)CC1. The molecule has 0 unspecified atom stereocenters. The van der Waals surface area contributed by atoms with E-state index in [1.807, 2.05) is 16.3 Å². The van der Waals surface area contributed by atoms with Crippen LogP contribution < -0.4 is 4.90 Å². The van der Waals surface area contributed by atoms with E-state index in [1.165, 1.54) is 23.0 Å². The Morgan fingerprint density at radius 2 is 1.96 bits per heavy atom. The van der Waals surface area contributed by atoms with Crippen LogP contribution in [0.5, 0.6) is 0 Å². The minimum absolute atomic E-state index is 0.182. The number of hydrogen-bond acceptors (Lipinski definition) is 6. The van der Waals surface area contributed by atoms with Crippen LogP contribution in [-0.4, -0.2) is 52.7 Å². The molecule has 1 amide bonds. The third-order valence-corrected chi connectivity index (χ3v) is 6.46. The van der Waals surface area contributed by atoms with Crippen molar-refractivity contribution in [3.05, 3.63) is 47.6 Å². The van der Waals surface area contributed by atoms with Crippen molar-refractivity contribution in [2.45, 2.75) is 11.9 Å². The number of aryl methyl sites for hydroxylation is 1. The molecule has 0 aliphatic carbocycles. The predicted molar refractivity (Wildman–Crippen MR) is 108 cm³/mol. The average molecular weight is 385 g/mol. The number of amides is 1. The number of hydrogen-bond donors (Lipinski definition) is 0. The van der Waals surface area contributed by atoms with E-state index in [9.17, 15) is 4.79 Å². The standard InChI is InChI=1S/C19H20N4OS2/c1-14-4-2-3-5-16(14)22-7-9-23(10-8-22)17(24)12-26-19-15-6-11-25-18(15)20-13-21-19/h2-6,11,13H,7-10,12H2,1H3. The highest BCUT2D eigenvalue weighted by atomic mass is 32.2. The van der Waals surface area contributed by atoms with Gasteiger partial charge in [0, 0.05) is 37.3 Å². The summed E-state index contributed by atoms with van der Waals surface area (Å²) in [6.07, 6.45) is 1.58. The number of aromatic nitrogens is 2. The maximum absolute atomic E-state index is 12.6. The van der Waals surface area contributed by atoms with Crippen LogP contribution in [-0.2, 0) is 4.79 Å². The second-order valence-corrected chi connectivity index (χ2v) is 8.12. The molecule has 26 heavy (non-hydrogen) atoms. The van der Waals surface area contributed by atoms with E-state index in [2.05, 4.69) is 46.1 Å². The monoisotopic (exact) mass is 384 g/mol. The van der Waals surface area contributed by atoms with Crippen LogP contribution in [0.4, 0.5) is 5.69 Å². The Morgan fingerprint density at radius 1 is 1.15 bits per heavy atom. The van der Waals surface area contributed by atoms with Gasteiger partial charge in [0.15, 0.2) is 0 Å². The fourth-order valence-electron chi connectivity index (χ4n) is 3.22. The first-order valence-electron chi connectivity index (χ1n) is 8.62. The molecule has 134 valence electrons. The fourth-order valence-corrected chi connectivity index (χ4v) is 4.90. The number of anilines is 1. The normalized spacial score (nSPS) is 14.8. The molecule has 1 aliphatic rings. The number of piperazine rings is 1. The number of thioether (sulfide) groups is 1. The Bertz CT molecular complexity index is 919. The second kappa shape index (κ2) is 7.63. The number of thiophene rings is 1. The zero-order chi connectivity index (χ0) is 17.9. The van der Waals surface area contributed by atoms with Gasteiger partial charge >= 0.3 is 0 Å². The molecule has 5 nitrogen and oxygen atoms in total. The lowest BCUT2D eigenvalue weighted by Gasteiger charge is -2.36. The van der Waals surface area contributed by atoms with E-state index in [0.29, 0.717) is 5.75 Å². The number of rotatable bonds is 4. The van der Waals surface area contributed by atoms with Gasteiger partial charge in [0.25, 0.3) is 0 Å². The maximum atomic E-state index is 12.6. The minimum atomic E-state index is 0.182. The largest absolute Gasteiger partial charge is 0.368 e. The highest BCUT2D eigenvalue weighted by Crippen LogP contribution is 2.28. The van der Waals surface area contributed by atoms with Gasteiger partial charge in [0.2, 0.25) is 5.91 Å². The van der Waals surface area contributed by atoms with Crippen molar-refractivity contribution in [3.8, 4) is 0 Å². The first-order chi connectivity index (χ1) is 12.7. The summed E-state index contributed by atoms with van der Waals surface area (Å²) < 4.78 is 0. The fraction of sp³-hybridized carbons (Fsp3) is 0.316. The first kappa shape index (κ1) is 17.3. The summed E-state index contributed by atoms with van der Waals surface area (Å²) >= 11 is 3.10. The number of carbonyl (C=O) groups excluding carboxylic acids is 1. The van der Waals surface area contributed by atoms with E-state index >= 15 is 0 Å². The summed E-state index contributed by atoms with van der Waals surface area (Å²) in [5.74, 6) is 0.605. The molecular weight excluding hydrogens is 364 g/mol. The number of para-hydroxylation sites is 1. The van der Waals surface area contributed by atoms with Crippen LogP contribution in [0.3, 0.4) is 0 Å². The topological polar surface area (TPSA) is 49.3 Å². The lowest BCUT2D eigenvalue weighted by Crippen LogP contribution is -2.49. The van der Waals surface area contributed by atoms with Crippen LogP contribution in [0, 0.1) is 6.92 Å². The summed E-state index contributed by atoms with van der Waals surface area (Å²) in [7, 11) is 0. The third kappa shape index (κ3) is 3.54. The van der Waals surface area contributed by atoms with Crippen molar-refractivity contribution in [1.29, 1.82) is 0 Å². The summed E-state index contributed by atoms with van der Waals surface area (Å²) in [4.78, 5) is 26.5. The summed E-state index contributed by atoms with van der Waals surface area (Å²) in [6, 6.07) is 10.4. The van der Waals surface area contributed by atoms with Gasteiger partial charge in [-0.05, 0) is 30.0 Å². The predicted octanol–water partition coefficient (Wildman–Crippen LogP) is 3.44. The molecule has 0 spiro atoms. The molecular formula is C19H20N4OS2. The summed E-state index contributed by atoms with van der Waals surface area (Å²) in [5.41, 5.74) is 2.56. The van der Waals surface area contributed by atoms with Crippen LogP contribution in [0.25, 0.3) is 10.2 Å². The van der Waals surface area contributed by atoms with Crippen molar-refractivity contribution < 1.29 is 4.79 Å². The van der Waals surface area contributed by atoms with Crippen molar-refractivity contribution in [3.63, 3.8) is 0 Å². The first-order valence-corrected chi connectivity index (χ1v) is 10.5. The quantitative estimate of drug-likeness (QED) is 0.509. The Kier molecular flexibility index (Phi) is 5.08. The highest BCUT2D eigenvalue weighted by Gasteiger charge is 2.22. The van der Waals surface area contributed by atoms with Crippen molar-refractivity contribution in [2.75, 3.05) is 36.8 Å². The van der Waals surface area contributed by atoms with Crippen molar-refractivity contribution in [2.24, 2.45) is 0 Å². The van der Waals surface area contributed by atoms with Gasteiger partial charge in [0.05, 0.1) is 5.75 Å². The number of fused-ring (bicyclic) bond motifs is 1. The smallest absolute Gasteiger partial charge is 0.233 e. The maximum Gasteiger partial charge on any atom is 0.233 e. The average Bonchev–Trinajstić information content (AvgIpc) is 3.16. The lowest BCUT2D eigenvalue weighted by molar-refractivity contribution is -0.128. The van der Waals surface area contributed by atoms with E-state index in [1.54, 1.807) is 17.7 Å².